The lowest BCUT2D eigenvalue weighted by Crippen LogP contribution is -2.48. The van der Waals surface area contributed by atoms with E-state index < -0.39 is 23.9 Å². The lowest BCUT2D eigenvalue weighted by Gasteiger charge is -2.25. The molecule has 0 atom stereocenters. The Bertz CT molecular complexity index is 483. The fourth-order valence-corrected chi connectivity index (χ4v) is 1.58. The molecule has 0 aliphatic heterocycles. The molecule has 7 nitrogen and oxygen atoms in total. The van der Waals surface area contributed by atoms with Gasteiger partial charge >= 0.3 is 11.9 Å². The second kappa shape index (κ2) is 5.85. The lowest BCUT2D eigenvalue weighted by molar-refractivity contribution is -0.161. The maximum absolute atomic E-state index is 11.4. The summed E-state index contributed by atoms with van der Waals surface area (Å²) in [4.78, 5) is 34.1. The van der Waals surface area contributed by atoms with Gasteiger partial charge in [-0.05, 0) is 17.7 Å². The molecule has 0 aromatic heterocycles. The number of hydrogen-bond acceptors (Lipinski definition) is 4. The predicted molar refractivity (Wildman–Crippen MR) is 66.1 cm³/mol. The summed E-state index contributed by atoms with van der Waals surface area (Å²) >= 11 is 0. The molecule has 0 bridgehead atoms. The number of anilines is 1. The minimum atomic E-state index is -1.91. The number of carboxylic acids is 2. The highest BCUT2D eigenvalue weighted by Crippen LogP contribution is 2.12. The van der Waals surface area contributed by atoms with E-state index in [1.807, 2.05) is 0 Å². The molecular weight excluding hydrogens is 252 g/mol. The van der Waals surface area contributed by atoms with Crippen LogP contribution < -0.4 is 5.73 Å². The molecule has 0 saturated carbocycles. The topological polar surface area (TPSA) is 121 Å². The van der Waals surface area contributed by atoms with Crippen molar-refractivity contribution in [3.63, 3.8) is 0 Å². The standard InChI is InChI=1S/C12H14N2O5/c1-7(15)14(10(11(16)17)12(18)19)6-8-2-4-9(13)5-3-8/h2-5,10H,6,13H2,1H3,(H,16,17)(H,18,19). The van der Waals surface area contributed by atoms with Crippen molar-refractivity contribution in [3.05, 3.63) is 29.8 Å². The number of amides is 1. The average molecular weight is 266 g/mol. The monoisotopic (exact) mass is 266 g/mol. The van der Waals surface area contributed by atoms with Gasteiger partial charge in [-0.25, -0.2) is 9.59 Å². The number of nitrogen functional groups attached to an aromatic ring is 1. The van der Waals surface area contributed by atoms with E-state index in [1.165, 1.54) is 0 Å². The molecule has 0 unspecified atom stereocenters. The summed E-state index contributed by atoms with van der Waals surface area (Å²) in [5.41, 5.74) is 6.62. The van der Waals surface area contributed by atoms with Crippen LogP contribution in [0.3, 0.4) is 0 Å². The average Bonchev–Trinajstić information content (AvgIpc) is 2.29. The summed E-state index contributed by atoms with van der Waals surface area (Å²) in [5, 5.41) is 17.8. The lowest BCUT2D eigenvalue weighted by atomic mass is 10.1. The van der Waals surface area contributed by atoms with Gasteiger partial charge in [0.2, 0.25) is 11.9 Å². The molecule has 0 spiro atoms. The van der Waals surface area contributed by atoms with E-state index in [4.69, 9.17) is 15.9 Å². The summed E-state index contributed by atoms with van der Waals surface area (Å²) in [7, 11) is 0. The normalized spacial score (nSPS) is 10.2. The molecule has 1 rings (SSSR count). The summed E-state index contributed by atoms with van der Waals surface area (Å²) in [6.45, 7) is 1.01. The molecule has 4 N–H and O–H groups in total. The minimum Gasteiger partial charge on any atom is -0.479 e. The van der Waals surface area contributed by atoms with E-state index in [0.717, 1.165) is 11.8 Å². The molecule has 7 heteroatoms. The van der Waals surface area contributed by atoms with Crippen molar-refractivity contribution in [2.75, 3.05) is 5.73 Å². The third-order valence-corrected chi connectivity index (χ3v) is 2.52. The molecule has 0 heterocycles. The highest BCUT2D eigenvalue weighted by molar-refractivity contribution is 6.00. The molecule has 0 saturated heterocycles. The van der Waals surface area contributed by atoms with E-state index in [0.29, 0.717) is 11.3 Å². The van der Waals surface area contributed by atoms with Crippen LogP contribution in [0.1, 0.15) is 12.5 Å². The Morgan fingerprint density at radius 3 is 2.00 bits per heavy atom. The van der Waals surface area contributed by atoms with Gasteiger partial charge in [0, 0.05) is 19.2 Å². The smallest absolute Gasteiger partial charge is 0.338 e. The van der Waals surface area contributed by atoms with Crippen LogP contribution in [0.25, 0.3) is 0 Å². The van der Waals surface area contributed by atoms with Crippen molar-refractivity contribution in [3.8, 4) is 0 Å². The van der Waals surface area contributed by atoms with Crippen molar-refractivity contribution >= 4 is 23.5 Å². The van der Waals surface area contributed by atoms with Gasteiger partial charge in [-0.1, -0.05) is 12.1 Å². The Hall–Kier alpha value is -2.57. The number of nitrogens with two attached hydrogens (primary N) is 1. The van der Waals surface area contributed by atoms with Crippen LogP contribution in [0.4, 0.5) is 5.69 Å². The van der Waals surface area contributed by atoms with Gasteiger partial charge in [0.15, 0.2) is 0 Å². The molecule has 0 radical (unpaired) electrons. The molecule has 1 amide bonds. The molecule has 1 aromatic rings. The van der Waals surface area contributed by atoms with Crippen LogP contribution in [0.15, 0.2) is 24.3 Å². The van der Waals surface area contributed by atoms with E-state index >= 15 is 0 Å². The molecular formula is C12H14N2O5. The fraction of sp³-hybridized carbons (Fsp3) is 0.250. The summed E-state index contributed by atoms with van der Waals surface area (Å²) in [5.74, 6) is -3.80. The van der Waals surface area contributed by atoms with Crippen LogP contribution in [-0.2, 0) is 20.9 Å². The first-order valence-corrected chi connectivity index (χ1v) is 5.40. The van der Waals surface area contributed by atoms with Crippen LogP contribution in [-0.4, -0.2) is 39.0 Å². The zero-order valence-corrected chi connectivity index (χ0v) is 10.2. The third kappa shape index (κ3) is 3.70. The Balaban J connectivity index is 3.01. The van der Waals surface area contributed by atoms with Crippen LogP contribution in [0, 0.1) is 0 Å². The highest BCUT2D eigenvalue weighted by Gasteiger charge is 2.34. The number of carbonyl (C=O) groups is 3. The van der Waals surface area contributed by atoms with E-state index in [1.54, 1.807) is 24.3 Å². The Labute approximate surface area is 109 Å². The first-order valence-electron chi connectivity index (χ1n) is 5.40. The molecule has 0 fully saturated rings. The summed E-state index contributed by atoms with van der Waals surface area (Å²) in [6.07, 6.45) is 0. The van der Waals surface area contributed by atoms with E-state index in [2.05, 4.69) is 0 Å². The van der Waals surface area contributed by atoms with Crippen molar-refractivity contribution < 1.29 is 24.6 Å². The van der Waals surface area contributed by atoms with Gasteiger partial charge in [0.1, 0.15) is 0 Å². The first kappa shape index (κ1) is 14.5. The van der Waals surface area contributed by atoms with Gasteiger partial charge < -0.3 is 20.8 Å². The summed E-state index contributed by atoms with van der Waals surface area (Å²) in [6, 6.07) is 4.47. The Morgan fingerprint density at radius 1 is 1.16 bits per heavy atom. The number of nitrogens with zero attached hydrogens (tertiary/aromatic N) is 1. The molecule has 0 aliphatic carbocycles. The molecule has 19 heavy (non-hydrogen) atoms. The minimum absolute atomic E-state index is 0.112. The van der Waals surface area contributed by atoms with Gasteiger partial charge in [0.25, 0.3) is 0 Å². The van der Waals surface area contributed by atoms with Crippen LogP contribution in [0.5, 0.6) is 0 Å². The molecule has 102 valence electrons. The second-order valence-corrected chi connectivity index (χ2v) is 3.97. The molecule has 1 aromatic carbocycles. The number of carboxylic acid groups (broad SMARTS) is 2. The van der Waals surface area contributed by atoms with Crippen molar-refractivity contribution in [2.24, 2.45) is 0 Å². The number of benzene rings is 1. The Kier molecular flexibility index (Phi) is 4.46. The fourth-order valence-electron chi connectivity index (χ4n) is 1.58. The molecule has 0 aliphatic rings. The summed E-state index contributed by atoms with van der Waals surface area (Å²) < 4.78 is 0. The largest absolute Gasteiger partial charge is 0.479 e. The van der Waals surface area contributed by atoms with E-state index in [9.17, 15) is 14.4 Å². The van der Waals surface area contributed by atoms with Gasteiger partial charge in [-0.15, -0.1) is 0 Å². The predicted octanol–water partition coefficient (Wildman–Crippen LogP) is 0.155. The zero-order valence-electron chi connectivity index (χ0n) is 10.2. The third-order valence-electron chi connectivity index (χ3n) is 2.52. The van der Waals surface area contributed by atoms with Gasteiger partial charge in [-0.2, -0.15) is 0 Å². The van der Waals surface area contributed by atoms with Crippen LogP contribution in [0.2, 0.25) is 0 Å². The number of carbonyl (C=O) groups excluding carboxylic acids is 1. The number of hydrogen-bond donors (Lipinski definition) is 3. The van der Waals surface area contributed by atoms with Gasteiger partial charge in [0.05, 0.1) is 0 Å². The highest BCUT2D eigenvalue weighted by atomic mass is 16.4. The van der Waals surface area contributed by atoms with Crippen LogP contribution >= 0.6 is 0 Å². The SMILES string of the molecule is CC(=O)N(Cc1ccc(N)cc1)C(C(=O)O)C(=O)O. The first-order chi connectivity index (χ1) is 8.82. The maximum atomic E-state index is 11.4. The zero-order chi connectivity index (χ0) is 14.6. The maximum Gasteiger partial charge on any atom is 0.338 e. The van der Waals surface area contributed by atoms with Crippen molar-refractivity contribution in [2.45, 2.75) is 19.5 Å². The number of rotatable bonds is 5. The second-order valence-electron chi connectivity index (χ2n) is 3.97. The van der Waals surface area contributed by atoms with Gasteiger partial charge in [-0.3, -0.25) is 4.79 Å². The number of aliphatic carboxylic acids is 2. The Morgan fingerprint density at radius 2 is 1.63 bits per heavy atom. The quantitative estimate of drug-likeness (QED) is 0.515. The van der Waals surface area contributed by atoms with E-state index in [-0.39, 0.29) is 6.54 Å². The van der Waals surface area contributed by atoms with Crippen molar-refractivity contribution in [1.82, 2.24) is 4.90 Å². The van der Waals surface area contributed by atoms with Crippen molar-refractivity contribution in [1.29, 1.82) is 0 Å².